The van der Waals surface area contributed by atoms with Crippen LogP contribution in [0.15, 0.2) is 30.5 Å². The van der Waals surface area contributed by atoms with Crippen LogP contribution >= 0.6 is 0 Å². The fraction of sp³-hybridized carbons (Fsp3) is 0.267. The molecule has 19 heavy (non-hydrogen) atoms. The first-order valence-corrected chi connectivity index (χ1v) is 6.60. The molecule has 0 unspecified atom stereocenters. The van der Waals surface area contributed by atoms with E-state index in [-0.39, 0.29) is 0 Å². The van der Waals surface area contributed by atoms with Crippen molar-refractivity contribution in [3.05, 3.63) is 41.7 Å². The quantitative estimate of drug-likeness (QED) is 0.670. The number of benzene rings is 1. The fourth-order valence-corrected chi connectivity index (χ4v) is 2.35. The van der Waals surface area contributed by atoms with E-state index in [1.54, 1.807) is 0 Å². The summed E-state index contributed by atoms with van der Waals surface area (Å²) in [6.07, 6.45) is 3.82. The second-order valence-electron chi connectivity index (χ2n) is 4.87. The highest BCUT2D eigenvalue weighted by Crippen LogP contribution is 2.24. The van der Waals surface area contributed by atoms with Gasteiger partial charge in [-0.3, -0.25) is 0 Å². The first kappa shape index (κ1) is 12.0. The van der Waals surface area contributed by atoms with E-state index in [4.69, 9.17) is 5.73 Å². The topological polar surface area (TPSA) is 70.5 Å². The third-order valence-electron chi connectivity index (χ3n) is 3.42. The van der Waals surface area contributed by atoms with Crippen LogP contribution in [0.25, 0.3) is 22.4 Å². The minimum absolute atomic E-state index is 0.708. The number of fused-ring (bicyclic) bond motifs is 1. The molecule has 4 nitrogen and oxygen atoms in total. The summed E-state index contributed by atoms with van der Waals surface area (Å²) in [7, 11) is 0. The van der Waals surface area contributed by atoms with Crippen molar-refractivity contribution >= 4 is 10.9 Å². The molecule has 0 saturated carbocycles. The first-order chi connectivity index (χ1) is 9.28. The van der Waals surface area contributed by atoms with E-state index in [0.29, 0.717) is 6.54 Å². The first-order valence-electron chi connectivity index (χ1n) is 6.60. The average molecular weight is 254 g/mol. The molecule has 0 fully saturated rings. The van der Waals surface area contributed by atoms with E-state index in [1.165, 1.54) is 10.9 Å². The average Bonchev–Trinajstić information content (AvgIpc) is 3.03. The Kier molecular flexibility index (Phi) is 3.09. The van der Waals surface area contributed by atoms with Crippen LogP contribution in [0.5, 0.6) is 0 Å². The van der Waals surface area contributed by atoms with Crippen LogP contribution < -0.4 is 5.73 Å². The van der Waals surface area contributed by atoms with Crippen LogP contribution in [0.3, 0.4) is 0 Å². The number of imidazole rings is 1. The summed E-state index contributed by atoms with van der Waals surface area (Å²) in [4.78, 5) is 11.2. The van der Waals surface area contributed by atoms with Crippen LogP contribution in [0, 0.1) is 6.92 Å². The van der Waals surface area contributed by atoms with Crippen molar-refractivity contribution in [1.82, 2.24) is 15.0 Å². The van der Waals surface area contributed by atoms with Gasteiger partial charge in [0.05, 0.1) is 5.69 Å². The van der Waals surface area contributed by atoms with Crippen molar-refractivity contribution in [2.45, 2.75) is 19.8 Å². The molecule has 0 spiro atoms. The highest BCUT2D eigenvalue weighted by atomic mass is 14.9. The molecular weight excluding hydrogens is 236 g/mol. The van der Waals surface area contributed by atoms with Gasteiger partial charge in [0.1, 0.15) is 0 Å². The summed E-state index contributed by atoms with van der Waals surface area (Å²) < 4.78 is 0. The molecule has 3 aromatic rings. The Hall–Kier alpha value is -2.07. The minimum atomic E-state index is 0.708. The predicted molar refractivity (Wildman–Crippen MR) is 78.0 cm³/mol. The molecule has 3 rings (SSSR count). The molecular formula is C15H18N4. The Balaban J connectivity index is 1.95. The third kappa shape index (κ3) is 2.27. The summed E-state index contributed by atoms with van der Waals surface area (Å²) in [5.74, 6) is 0.891. The van der Waals surface area contributed by atoms with E-state index < -0.39 is 0 Å². The van der Waals surface area contributed by atoms with Crippen molar-refractivity contribution in [3.8, 4) is 11.5 Å². The maximum absolute atomic E-state index is 5.52. The fourth-order valence-electron chi connectivity index (χ4n) is 2.35. The molecule has 0 radical (unpaired) electrons. The Morgan fingerprint density at radius 1 is 1.26 bits per heavy atom. The summed E-state index contributed by atoms with van der Waals surface area (Å²) in [5.41, 5.74) is 10.1. The smallest absolute Gasteiger partial charge is 0.154 e. The summed E-state index contributed by atoms with van der Waals surface area (Å²) in [5, 5.41) is 1.25. The van der Waals surface area contributed by atoms with Crippen molar-refractivity contribution in [2.75, 3.05) is 6.54 Å². The van der Waals surface area contributed by atoms with Gasteiger partial charge in [-0.25, -0.2) is 4.98 Å². The van der Waals surface area contributed by atoms with Crippen molar-refractivity contribution in [1.29, 1.82) is 0 Å². The Morgan fingerprint density at radius 2 is 2.16 bits per heavy atom. The second-order valence-corrected chi connectivity index (χ2v) is 4.87. The molecule has 0 bridgehead atoms. The number of hydrogen-bond donors (Lipinski definition) is 3. The van der Waals surface area contributed by atoms with Crippen molar-refractivity contribution < 1.29 is 0 Å². The number of aromatic amines is 2. The lowest BCUT2D eigenvalue weighted by Gasteiger charge is -1.94. The SMILES string of the molecule is Cc1cccc2[nH]c(-c3ncc(CCCN)[nH]3)cc12. The molecule has 2 aromatic heterocycles. The van der Waals surface area contributed by atoms with E-state index in [0.717, 1.165) is 35.6 Å². The van der Waals surface area contributed by atoms with Crippen LogP contribution in [-0.4, -0.2) is 21.5 Å². The van der Waals surface area contributed by atoms with Gasteiger partial charge in [-0.1, -0.05) is 12.1 Å². The van der Waals surface area contributed by atoms with E-state index in [9.17, 15) is 0 Å². The lowest BCUT2D eigenvalue weighted by Crippen LogP contribution is -2.00. The van der Waals surface area contributed by atoms with Crippen molar-refractivity contribution in [2.24, 2.45) is 5.73 Å². The van der Waals surface area contributed by atoms with E-state index in [1.807, 2.05) is 6.20 Å². The molecule has 0 amide bonds. The van der Waals surface area contributed by atoms with Gasteiger partial charge in [-0.05, 0) is 44.0 Å². The zero-order valence-corrected chi connectivity index (χ0v) is 11.0. The summed E-state index contributed by atoms with van der Waals surface area (Å²) in [6, 6.07) is 8.42. The molecule has 2 heterocycles. The predicted octanol–water partition coefficient (Wildman–Crippen LogP) is 2.76. The van der Waals surface area contributed by atoms with Gasteiger partial charge in [0, 0.05) is 22.8 Å². The van der Waals surface area contributed by atoms with Gasteiger partial charge in [-0.2, -0.15) is 0 Å². The monoisotopic (exact) mass is 254 g/mol. The van der Waals surface area contributed by atoms with Crippen LogP contribution in [-0.2, 0) is 6.42 Å². The van der Waals surface area contributed by atoms with Crippen LogP contribution in [0.2, 0.25) is 0 Å². The van der Waals surface area contributed by atoms with Crippen molar-refractivity contribution in [3.63, 3.8) is 0 Å². The van der Waals surface area contributed by atoms with Gasteiger partial charge in [-0.15, -0.1) is 0 Å². The normalized spacial score (nSPS) is 11.3. The summed E-state index contributed by atoms with van der Waals surface area (Å²) in [6.45, 7) is 2.83. The largest absolute Gasteiger partial charge is 0.352 e. The van der Waals surface area contributed by atoms with Crippen LogP contribution in [0.4, 0.5) is 0 Å². The molecule has 1 aromatic carbocycles. The molecule has 4 N–H and O–H groups in total. The lowest BCUT2D eigenvalue weighted by atomic mass is 10.1. The molecule has 0 saturated heterocycles. The molecule has 0 aliphatic heterocycles. The highest BCUT2D eigenvalue weighted by molar-refractivity contribution is 5.87. The maximum atomic E-state index is 5.52. The number of rotatable bonds is 4. The zero-order chi connectivity index (χ0) is 13.2. The second kappa shape index (κ2) is 4.90. The number of aryl methyl sites for hydroxylation is 2. The number of aromatic nitrogens is 3. The Bertz CT molecular complexity index is 693. The van der Waals surface area contributed by atoms with Gasteiger partial charge in [0.25, 0.3) is 0 Å². The molecule has 0 aliphatic rings. The molecule has 4 heteroatoms. The van der Waals surface area contributed by atoms with Gasteiger partial charge in [0.15, 0.2) is 5.82 Å². The van der Waals surface area contributed by atoms with Gasteiger partial charge >= 0.3 is 0 Å². The lowest BCUT2D eigenvalue weighted by molar-refractivity contribution is 0.816. The minimum Gasteiger partial charge on any atom is -0.352 e. The molecule has 98 valence electrons. The van der Waals surface area contributed by atoms with E-state index in [2.05, 4.69) is 46.1 Å². The third-order valence-corrected chi connectivity index (χ3v) is 3.42. The Labute approximate surface area is 112 Å². The van der Waals surface area contributed by atoms with E-state index >= 15 is 0 Å². The number of nitrogens with zero attached hydrogens (tertiary/aromatic N) is 1. The highest BCUT2D eigenvalue weighted by Gasteiger charge is 2.08. The summed E-state index contributed by atoms with van der Waals surface area (Å²) >= 11 is 0. The number of nitrogens with one attached hydrogen (secondary N) is 2. The number of hydrogen-bond acceptors (Lipinski definition) is 2. The zero-order valence-electron chi connectivity index (χ0n) is 11.0. The Morgan fingerprint density at radius 3 is 2.95 bits per heavy atom. The maximum Gasteiger partial charge on any atom is 0.154 e. The van der Waals surface area contributed by atoms with Gasteiger partial charge < -0.3 is 15.7 Å². The standard InChI is InChI=1S/C15H18N4/c1-10-4-2-6-13-12(10)8-14(19-13)15-17-9-11(18-15)5-3-7-16/h2,4,6,8-9,19H,3,5,7,16H2,1H3,(H,17,18). The molecule has 0 aliphatic carbocycles. The number of H-pyrrole nitrogens is 2. The van der Waals surface area contributed by atoms with Gasteiger partial charge in [0.2, 0.25) is 0 Å². The number of nitrogens with two attached hydrogens (primary N) is 1. The molecule has 0 atom stereocenters. The van der Waals surface area contributed by atoms with Crippen LogP contribution in [0.1, 0.15) is 17.7 Å².